The number of hydrogen-bond donors (Lipinski definition) is 3. The molecule has 0 spiro atoms. The second kappa shape index (κ2) is 12.2. The molecule has 0 unspecified atom stereocenters. The highest BCUT2D eigenvalue weighted by Gasteiger charge is 2.05. The molecule has 140 valence electrons. The number of nitrogens with one attached hydrogen (secondary N) is 3. The molecule has 1 aromatic carbocycles. The van der Waals surface area contributed by atoms with E-state index in [1.54, 1.807) is 31.4 Å². The van der Waals surface area contributed by atoms with Crippen LogP contribution in [0.5, 0.6) is 5.75 Å². The van der Waals surface area contributed by atoms with Gasteiger partial charge in [0.2, 0.25) is 0 Å². The van der Waals surface area contributed by atoms with E-state index < -0.39 is 0 Å². The molecule has 0 bridgehead atoms. The summed E-state index contributed by atoms with van der Waals surface area (Å²) in [5, 5.41) is 9.34. The summed E-state index contributed by atoms with van der Waals surface area (Å²) in [7, 11) is 1.60. The number of benzene rings is 1. The number of aliphatic imine (C=N–C) groups is 1. The van der Waals surface area contributed by atoms with Crippen molar-refractivity contribution in [2.24, 2.45) is 10.9 Å². The first-order valence-corrected chi connectivity index (χ1v) is 9.01. The minimum atomic E-state index is -0.0941. The van der Waals surface area contributed by atoms with E-state index >= 15 is 0 Å². The Morgan fingerprint density at radius 2 is 1.80 bits per heavy atom. The van der Waals surface area contributed by atoms with Crippen molar-refractivity contribution in [2.45, 2.75) is 33.6 Å². The van der Waals surface area contributed by atoms with Gasteiger partial charge in [0.15, 0.2) is 5.96 Å². The molecule has 0 aromatic heterocycles. The van der Waals surface area contributed by atoms with E-state index in [4.69, 9.17) is 4.74 Å². The van der Waals surface area contributed by atoms with Gasteiger partial charge in [-0.1, -0.05) is 13.8 Å². The Morgan fingerprint density at radius 3 is 2.40 bits per heavy atom. The van der Waals surface area contributed by atoms with Crippen molar-refractivity contribution >= 4 is 11.9 Å². The average Bonchev–Trinajstić information content (AvgIpc) is 2.61. The second-order valence-corrected chi connectivity index (χ2v) is 6.21. The Balaban J connectivity index is 2.32. The van der Waals surface area contributed by atoms with Gasteiger partial charge in [-0.25, -0.2) is 0 Å². The lowest BCUT2D eigenvalue weighted by Gasteiger charge is -2.12. The number of ether oxygens (including phenoxy) is 1. The lowest BCUT2D eigenvalue weighted by molar-refractivity contribution is 0.0954. The highest BCUT2D eigenvalue weighted by atomic mass is 16.5. The van der Waals surface area contributed by atoms with Crippen LogP contribution in [0.3, 0.4) is 0 Å². The Bertz CT molecular complexity index is 527. The van der Waals surface area contributed by atoms with Gasteiger partial charge in [0.05, 0.1) is 7.11 Å². The Labute approximate surface area is 151 Å². The lowest BCUT2D eigenvalue weighted by atomic mass is 10.1. The first kappa shape index (κ1) is 20.8. The average molecular weight is 348 g/mol. The van der Waals surface area contributed by atoms with Crippen LogP contribution in [0.15, 0.2) is 29.3 Å². The molecule has 0 saturated heterocycles. The Hall–Kier alpha value is -2.24. The minimum Gasteiger partial charge on any atom is -0.497 e. The van der Waals surface area contributed by atoms with Gasteiger partial charge in [-0.15, -0.1) is 0 Å². The molecule has 25 heavy (non-hydrogen) atoms. The van der Waals surface area contributed by atoms with Gasteiger partial charge in [-0.3, -0.25) is 9.79 Å². The molecule has 6 nitrogen and oxygen atoms in total. The first-order valence-electron chi connectivity index (χ1n) is 9.01. The molecule has 6 heteroatoms. The normalized spacial score (nSPS) is 11.3. The maximum atomic E-state index is 12.1. The van der Waals surface area contributed by atoms with Crippen molar-refractivity contribution in [2.75, 3.05) is 33.3 Å². The van der Waals surface area contributed by atoms with Gasteiger partial charge in [-0.05, 0) is 49.9 Å². The van der Waals surface area contributed by atoms with E-state index in [0.717, 1.165) is 31.2 Å². The van der Waals surface area contributed by atoms with Gasteiger partial charge in [0.25, 0.3) is 5.91 Å². The fraction of sp³-hybridized carbons (Fsp3) is 0.579. The summed E-state index contributed by atoms with van der Waals surface area (Å²) >= 11 is 0. The topological polar surface area (TPSA) is 74.8 Å². The van der Waals surface area contributed by atoms with Gasteiger partial charge in [0.1, 0.15) is 5.75 Å². The van der Waals surface area contributed by atoms with Crippen LogP contribution in [0.1, 0.15) is 44.0 Å². The van der Waals surface area contributed by atoms with E-state index in [9.17, 15) is 4.79 Å². The maximum Gasteiger partial charge on any atom is 0.251 e. The van der Waals surface area contributed by atoms with Crippen molar-refractivity contribution in [1.29, 1.82) is 0 Å². The highest BCUT2D eigenvalue weighted by molar-refractivity contribution is 5.94. The molecule has 0 atom stereocenters. The van der Waals surface area contributed by atoms with Crippen molar-refractivity contribution in [1.82, 2.24) is 16.0 Å². The summed E-state index contributed by atoms with van der Waals surface area (Å²) in [4.78, 5) is 16.6. The van der Waals surface area contributed by atoms with Gasteiger partial charge >= 0.3 is 0 Å². The van der Waals surface area contributed by atoms with Crippen LogP contribution in [0.25, 0.3) is 0 Å². The van der Waals surface area contributed by atoms with Gasteiger partial charge in [-0.2, -0.15) is 0 Å². The van der Waals surface area contributed by atoms with Crippen molar-refractivity contribution in [3.8, 4) is 5.75 Å². The fourth-order valence-corrected chi connectivity index (χ4v) is 2.23. The number of amides is 1. The van der Waals surface area contributed by atoms with Crippen LogP contribution in [-0.4, -0.2) is 45.2 Å². The monoisotopic (exact) mass is 348 g/mol. The Morgan fingerprint density at radius 1 is 1.12 bits per heavy atom. The molecule has 0 saturated carbocycles. The third-order valence-corrected chi connectivity index (χ3v) is 3.61. The van der Waals surface area contributed by atoms with Gasteiger partial charge in [0, 0.05) is 31.7 Å². The summed E-state index contributed by atoms with van der Waals surface area (Å²) in [6, 6.07) is 7.06. The molecule has 0 fully saturated rings. The third kappa shape index (κ3) is 8.98. The molecule has 0 aliphatic rings. The van der Waals surface area contributed by atoms with Crippen molar-refractivity contribution < 1.29 is 9.53 Å². The first-order chi connectivity index (χ1) is 12.1. The zero-order chi connectivity index (χ0) is 18.5. The minimum absolute atomic E-state index is 0.0941. The molecule has 1 aromatic rings. The molecule has 0 aliphatic carbocycles. The number of carbonyl (C=O) groups is 1. The number of guanidine groups is 1. The van der Waals surface area contributed by atoms with Gasteiger partial charge < -0.3 is 20.7 Å². The van der Waals surface area contributed by atoms with E-state index in [0.29, 0.717) is 24.6 Å². The van der Waals surface area contributed by atoms with E-state index in [-0.39, 0.29) is 5.91 Å². The number of carbonyl (C=O) groups excluding carboxylic acids is 1. The predicted octanol–water partition coefficient (Wildman–Crippen LogP) is 2.42. The van der Waals surface area contributed by atoms with Crippen LogP contribution in [0.2, 0.25) is 0 Å². The molecule has 0 radical (unpaired) electrons. The molecular weight excluding hydrogens is 316 g/mol. The molecule has 0 heterocycles. The molecule has 1 amide bonds. The molecular formula is C19H32N4O2. The largest absolute Gasteiger partial charge is 0.497 e. The van der Waals surface area contributed by atoms with Crippen LogP contribution < -0.4 is 20.7 Å². The highest BCUT2D eigenvalue weighted by Crippen LogP contribution is 2.10. The second-order valence-electron chi connectivity index (χ2n) is 6.21. The molecule has 0 aliphatic heterocycles. The fourth-order valence-electron chi connectivity index (χ4n) is 2.23. The zero-order valence-electron chi connectivity index (χ0n) is 15.9. The Kier molecular flexibility index (Phi) is 10.1. The molecule has 1 rings (SSSR count). The van der Waals surface area contributed by atoms with Crippen LogP contribution in [0, 0.1) is 5.92 Å². The summed E-state index contributed by atoms with van der Waals surface area (Å²) in [6.07, 6.45) is 2.27. The summed E-state index contributed by atoms with van der Waals surface area (Å²) in [6.45, 7) is 9.26. The molecule has 3 N–H and O–H groups in total. The lowest BCUT2D eigenvalue weighted by Crippen LogP contribution is -2.41. The van der Waals surface area contributed by atoms with Crippen LogP contribution in [0.4, 0.5) is 0 Å². The quantitative estimate of drug-likeness (QED) is 0.345. The smallest absolute Gasteiger partial charge is 0.251 e. The van der Waals surface area contributed by atoms with Crippen LogP contribution >= 0.6 is 0 Å². The number of hydrogen-bond acceptors (Lipinski definition) is 3. The van der Waals surface area contributed by atoms with Crippen molar-refractivity contribution in [3.05, 3.63) is 29.8 Å². The third-order valence-electron chi connectivity index (χ3n) is 3.61. The maximum absolute atomic E-state index is 12.1. The van der Waals surface area contributed by atoms with Crippen LogP contribution in [-0.2, 0) is 0 Å². The zero-order valence-corrected chi connectivity index (χ0v) is 15.9. The number of nitrogens with zero attached hydrogens (tertiary/aromatic N) is 1. The summed E-state index contributed by atoms with van der Waals surface area (Å²) < 4.78 is 5.09. The number of rotatable bonds is 10. The summed E-state index contributed by atoms with van der Waals surface area (Å²) in [5.74, 6) is 2.15. The summed E-state index contributed by atoms with van der Waals surface area (Å²) in [5.41, 5.74) is 0.620. The predicted molar refractivity (Wildman–Crippen MR) is 103 cm³/mol. The van der Waals surface area contributed by atoms with E-state index in [1.165, 1.54) is 6.42 Å². The van der Waals surface area contributed by atoms with E-state index in [1.807, 2.05) is 6.92 Å². The SMILES string of the molecule is CCNC(=NCCCC(C)C)NCCNC(=O)c1ccc(OC)cc1. The standard InChI is InChI=1S/C19H32N4O2/c1-5-20-19(22-12-6-7-15(2)3)23-14-13-21-18(24)16-8-10-17(25-4)11-9-16/h8-11,15H,5-7,12-14H2,1-4H3,(H,21,24)(H2,20,22,23). The van der Waals surface area contributed by atoms with Crippen molar-refractivity contribution in [3.63, 3.8) is 0 Å². The number of methoxy groups -OCH3 is 1. The van der Waals surface area contributed by atoms with E-state index in [2.05, 4.69) is 34.8 Å².